The van der Waals surface area contributed by atoms with Crippen LogP contribution >= 0.6 is 0 Å². The first-order chi connectivity index (χ1) is 6.83. The van der Waals surface area contributed by atoms with Crippen molar-refractivity contribution in [3.8, 4) is 0 Å². The summed E-state index contributed by atoms with van der Waals surface area (Å²) in [6, 6.07) is 0. The van der Waals surface area contributed by atoms with Gasteiger partial charge in [0.2, 0.25) is 0 Å². The van der Waals surface area contributed by atoms with E-state index in [0.29, 0.717) is 19.7 Å². The van der Waals surface area contributed by atoms with Gasteiger partial charge in [-0.15, -0.1) is 0 Å². The first-order valence-corrected chi connectivity index (χ1v) is 4.78. The molecule has 6 heteroatoms. The van der Waals surface area contributed by atoms with Gasteiger partial charge in [-0.25, -0.2) is 4.79 Å². The highest BCUT2D eigenvalue weighted by atomic mass is 16.5. The van der Waals surface area contributed by atoms with Crippen molar-refractivity contribution in [2.24, 2.45) is 0 Å². The van der Waals surface area contributed by atoms with E-state index in [1.807, 2.05) is 6.92 Å². The third-order valence-corrected chi connectivity index (χ3v) is 2.21. The molecule has 0 aliphatic carbocycles. The van der Waals surface area contributed by atoms with Crippen molar-refractivity contribution in [3.63, 3.8) is 0 Å². The number of hydrogen-bond acceptors (Lipinski definition) is 4. The van der Waals surface area contributed by atoms with Crippen LogP contribution < -0.4 is 11.0 Å². The van der Waals surface area contributed by atoms with E-state index in [9.17, 15) is 4.79 Å². The molecule has 6 nitrogen and oxygen atoms in total. The molecule has 78 valence electrons. The maximum Gasteiger partial charge on any atom is 0.348 e. The molecule has 0 unspecified atom stereocenters. The Morgan fingerprint density at radius 3 is 3.21 bits per heavy atom. The topological polar surface area (TPSA) is 61.1 Å². The lowest BCUT2D eigenvalue weighted by Crippen LogP contribution is -2.34. The van der Waals surface area contributed by atoms with E-state index in [1.165, 1.54) is 4.68 Å². The van der Waals surface area contributed by atoms with Crippen molar-refractivity contribution < 1.29 is 4.74 Å². The Morgan fingerprint density at radius 2 is 2.50 bits per heavy atom. The molecule has 0 radical (unpaired) electrons. The lowest BCUT2D eigenvalue weighted by Gasteiger charge is -2.11. The van der Waals surface area contributed by atoms with E-state index in [0.717, 1.165) is 12.4 Å². The Labute approximate surface area is 81.5 Å². The lowest BCUT2D eigenvalue weighted by atomic mass is 10.4. The first-order valence-electron chi connectivity index (χ1n) is 4.78. The summed E-state index contributed by atoms with van der Waals surface area (Å²) in [6.45, 7) is 4.91. The number of ether oxygens (including phenoxy) is 1. The van der Waals surface area contributed by atoms with Crippen LogP contribution in [0.2, 0.25) is 0 Å². The third kappa shape index (κ3) is 1.58. The van der Waals surface area contributed by atoms with E-state index >= 15 is 0 Å². The molecule has 2 heterocycles. The molecule has 14 heavy (non-hydrogen) atoms. The monoisotopic (exact) mass is 198 g/mol. The number of nitrogens with one attached hydrogen (secondary N) is 1. The number of hydrogen-bond donors (Lipinski definition) is 1. The minimum Gasteiger partial charge on any atom is -0.359 e. The maximum atomic E-state index is 11.7. The molecule has 1 aromatic heterocycles. The second kappa shape index (κ2) is 3.93. The first kappa shape index (κ1) is 9.42. The molecule has 1 aliphatic heterocycles. The summed E-state index contributed by atoms with van der Waals surface area (Å²) in [4.78, 5) is 11.7. The van der Waals surface area contributed by atoms with Gasteiger partial charge >= 0.3 is 5.69 Å². The number of aromatic nitrogens is 3. The molecule has 2 rings (SSSR count). The highest BCUT2D eigenvalue weighted by Crippen LogP contribution is 1.97. The lowest BCUT2D eigenvalue weighted by molar-refractivity contribution is 0.0760. The summed E-state index contributed by atoms with van der Waals surface area (Å²) in [5.41, 5.74) is -0.0741. The van der Waals surface area contributed by atoms with Crippen molar-refractivity contribution in [2.45, 2.75) is 26.7 Å². The van der Waals surface area contributed by atoms with Crippen molar-refractivity contribution in [3.05, 3.63) is 16.3 Å². The Morgan fingerprint density at radius 1 is 1.64 bits per heavy atom. The van der Waals surface area contributed by atoms with E-state index < -0.39 is 0 Å². The Balaban J connectivity index is 2.25. The highest BCUT2D eigenvalue weighted by Gasteiger charge is 2.15. The summed E-state index contributed by atoms with van der Waals surface area (Å²) in [5.74, 6) is 0.793. The summed E-state index contributed by atoms with van der Waals surface area (Å²) in [5, 5.41) is 7.33. The molecule has 0 bridgehead atoms. The predicted octanol–water partition coefficient (Wildman–Crippen LogP) is -0.858. The minimum atomic E-state index is -0.0741. The molecule has 1 aliphatic rings. The highest BCUT2D eigenvalue weighted by molar-refractivity contribution is 4.90. The van der Waals surface area contributed by atoms with Crippen molar-refractivity contribution in [1.82, 2.24) is 19.7 Å². The van der Waals surface area contributed by atoms with Gasteiger partial charge in [0.25, 0.3) is 0 Å². The zero-order valence-electron chi connectivity index (χ0n) is 8.19. The summed E-state index contributed by atoms with van der Waals surface area (Å²) < 4.78 is 8.20. The van der Waals surface area contributed by atoms with Crippen molar-refractivity contribution >= 4 is 0 Å². The van der Waals surface area contributed by atoms with Gasteiger partial charge < -0.3 is 10.1 Å². The van der Waals surface area contributed by atoms with Gasteiger partial charge in [-0.05, 0) is 6.92 Å². The van der Waals surface area contributed by atoms with E-state index in [1.54, 1.807) is 4.57 Å². The zero-order chi connectivity index (χ0) is 9.97. The van der Waals surface area contributed by atoms with Gasteiger partial charge in [0.05, 0.1) is 6.54 Å². The molecule has 0 saturated carbocycles. The SMILES string of the molecule is CCOCn1nc2n(c1=O)CCNC2. The van der Waals surface area contributed by atoms with Crippen molar-refractivity contribution in [2.75, 3.05) is 13.2 Å². The quantitative estimate of drug-likeness (QED) is 0.686. The molecule has 0 aromatic carbocycles. The zero-order valence-corrected chi connectivity index (χ0v) is 8.19. The molecule has 0 spiro atoms. The molecule has 1 N–H and O–H groups in total. The standard InChI is InChI=1S/C8H14N4O2/c1-2-14-6-12-8(13)11-4-3-9-5-7(11)10-12/h9H,2-6H2,1H3. The molecule has 0 amide bonds. The second-order valence-corrected chi connectivity index (χ2v) is 3.15. The predicted molar refractivity (Wildman–Crippen MR) is 49.8 cm³/mol. The average molecular weight is 198 g/mol. The van der Waals surface area contributed by atoms with Crippen LogP contribution in [0.5, 0.6) is 0 Å². The summed E-state index contributed by atoms with van der Waals surface area (Å²) in [7, 11) is 0. The fraction of sp³-hybridized carbons (Fsp3) is 0.750. The average Bonchev–Trinajstić information content (AvgIpc) is 2.54. The summed E-state index contributed by atoms with van der Waals surface area (Å²) >= 11 is 0. The van der Waals surface area contributed by atoms with Crippen LogP contribution in [0.25, 0.3) is 0 Å². The van der Waals surface area contributed by atoms with Crippen LogP contribution in [-0.2, 0) is 24.6 Å². The van der Waals surface area contributed by atoms with Gasteiger partial charge in [-0.2, -0.15) is 9.78 Å². The number of rotatable bonds is 3. The Kier molecular flexibility index (Phi) is 2.64. The normalized spacial score (nSPS) is 15.5. The van der Waals surface area contributed by atoms with Crippen LogP contribution in [0.1, 0.15) is 12.7 Å². The van der Waals surface area contributed by atoms with E-state index in [4.69, 9.17) is 4.74 Å². The summed E-state index contributed by atoms with van der Waals surface area (Å²) in [6.07, 6.45) is 0. The van der Waals surface area contributed by atoms with E-state index in [2.05, 4.69) is 10.4 Å². The van der Waals surface area contributed by atoms with Crippen LogP contribution in [-0.4, -0.2) is 27.5 Å². The van der Waals surface area contributed by atoms with E-state index in [-0.39, 0.29) is 12.4 Å². The van der Waals surface area contributed by atoms with Crippen LogP contribution in [0.4, 0.5) is 0 Å². The van der Waals surface area contributed by atoms with Crippen LogP contribution in [0.3, 0.4) is 0 Å². The van der Waals surface area contributed by atoms with Crippen LogP contribution in [0, 0.1) is 0 Å². The minimum absolute atomic E-state index is 0.0741. The molecular weight excluding hydrogens is 184 g/mol. The molecule has 0 fully saturated rings. The molecule has 1 aromatic rings. The molecular formula is C8H14N4O2. The van der Waals surface area contributed by atoms with Crippen molar-refractivity contribution in [1.29, 1.82) is 0 Å². The largest absolute Gasteiger partial charge is 0.359 e. The van der Waals surface area contributed by atoms with Gasteiger partial charge in [0.15, 0.2) is 0 Å². The Hall–Kier alpha value is -1.14. The van der Waals surface area contributed by atoms with Gasteiger partial charge in [0.1, 0.15) is 12.6 Å². The number of nitrogens with zero attached hydrogens (tertiary/aromatic N) is 3. The number of fused-ring (bicyclic) bond motifs is 1. The third-order valence-electron chi connectivity index (χ3n) is 2.21. The molecule has 0 atom stereocenters. The Bertz CT molecular complexity index is 368. The van der Waals surface area contributed by atoms with Gasteiger partial charge in [0, 0.05) is 19.7 Å². The van der Waals surface area contributed by atoms with Crippen LogP contribution in [0.15, 0.2) is 4.79 Å². The molecule has 0 saturated heterocycles. The maximum absolute atomic E-state index is 11.7. The fourth-order valence-corrected chi connectivity index (χ4v) is 1.49. The smallest absolute Gasteiger partial charge is 0.348 e. The fourth-order valence-electron chi connectivity index (χ4n) is 1.49. The second-order valence-electron chi connectivity index (χ2n) is 3.15. The van der Waals surface area contributed by atoms with Gasteiger partial charge in [-0.3, -0.25) is 4.57 Å². The van der Waals surface area contributed by atoms with Gasteiger partial charge in [-0.1, -0.05) is 0 Å².